The van der Waals surface area contributed by atoms with Crippen LogP contribution in [0.5, 0.6) is 0 Å². The quantitative estimate of drug-likeness (QED) is 0.910. The van der Waals surface area contributed by atoms with Crippen LogP contribution in [-0.4, -0.2) is 34.5 Å². The molecule has 0 aliphatic carbocycles. The maximum atomic E-state index is 12.8. The number of rotatable bonds is 2. The van der Waals surface area contributed by atoms with Crippen LogP contribution in [-0.2, 0) is 4.79 Å². The summed E-state index contributed by atoms with van der Waals surface area (Å²) < 4.78 is 0. The molecule has 1 aromatic carbocycles. The number of aliphatic carboxylic acids is 1. The van der Waals surface area contributed by atoms with Crippen LogP contribution in [0.25, 0.3) is 0 Å². The number of aryl methyl sites for hydroxylation is 3. The minimum Gasteiger partial charge on any atom is -0.480 e. The van der Waals surface area contributed by atoms with Crippen molar-refractivity contribution >= 4 is 11.9 Å². The lowest BCUT2D eigenvalue weighted by Crippen LogP contribution is -2.50. The molecular formula is C17H23NO3. The number of piperidine rings is 1. The molecule has 4 heteroatoms. The highest BCUT2D eigenvalue weighted by Gasteiger charge is 2.35. The Hall–Kier alpha value is -1.84. The number of nitrogens with zero attached hydrogens (tertiary/aromatic N) is 1. The number of likely N-dealkylation sites (tertiary alicyclic amines) is 1. The summed E-state index contributed by atoms with van der Waals surface area (Å²) in [6, 6.07) is 3.24. The van der Waals surface area contributed by atoms with Gasteiger partial charge in [0, 0.05) is 12.1 Å². The number of hydrogen-bond acceptors (Lipinski definition) is 2. The summed E-state index contributed by atoms with van der Waals surface area (Å²) >= 11 is 0. The zero-order valence-corrected chi connectivity index (χ0v) is 13.1. The molecule has 1 amide bonds. The first-order chi connectivity index (χ1) is 9.81. The first-order valence-corrected chi connectivity index (χ1v) is 7.43. The van der Waals surface area contributed by atoms with E-state index < -0.39 is 12.0 Å². The van der Waals surface area contributed by atoms with Crippen LogP contribution in [0, 0.1) is 26.7 Å². The maximum Gasteiger partial charge on any atom is 0.326 e. The van der Waals surface area contributed by atoms with Crippen LogP contribution < -0.4 is 0 Å². The van der Waals surface area contributed by atoms with Gasteiger partial charge in [-0.05, 0) is 50.7 Å². The lowest BCUT2D eigenvalue weighted by atomic mass is 9.90. The number of carbonyl (C=O) groups is 2. The van der Waals surface area contributed by atoms with Crippen molar-refractivity contribution in [1.29, 1.82) is 0 Å². The minimum absolute atomic E-state index is 0.149. The summed E-state index contributed by atoms with van der Waals surface area (Å²) in [6.45, 7) is 8.38. The van der Waals surface area contributed by atoms with E-state index in [1.807, 2.05) is 39.8 Å². The zero-order valence-electron chi connectivity index (χ0n) is 13.1. The van der Waals surface area contributed by atoms with E-state index >= 15 is 0 Å². The minimum atomic E-state index is -0.905. The molecule has 1 N–H and O–H groups in total. The average molecular weight is 289 g/mol. The SMILES string of the molecule is Cc1cc(C)c(C(=O)N2CCC(C)CC2C(=O)O)c(C)c1. The van der Waals surface area contributed by atoms with Crippen LogP contribution in [0.1, 0.15) is 46.8 Å². The van der Waals surface area contributed by atoms with Crippen molar-refractivity contribution in [3.63, 3.8) is 0 Å². The van der Waals surface area contributed by atoms with Gasteiger partial charge in [0.1, 0.15) is 6.04 Å². The Bertz CT molecular complexity index is 556. The largest absolute Gasteiger partial charge is 0.480 e. The highest BCUT2D eigenvalue weighted by molar-refractivity contribution is 5.99. The van der Waals surface area contributed by atoms with E-state index in [1.54, 1.807) is 0 Å². The molecule has 0 saturated carbocycles. The fourth-order valence-electron chi connectivity index (χ4n) is 3.28. The number of amides is 1. The Balaban J connectivity index is 2.37. The molecule has 1 aliphatic heterocycles. The molecule has 1 aromatic rings. The summed E-state index contributed by atoms with van der Waals surface area (Å²) in [5.74, 6) is -0.711. The molecule has 0 aromatic heterocycles. The van der Waals surface area contributed by atoms with E-state index in [4.69, 9.17) is 0 Å². The molecule has 1 aliphatic rings. The summed E-state index contributed by atoms with van der Waals surface area (Å²) in [7, 11) is 0. The molecule has 0 bridgehead atoms. The lowest BCUT2D eigenvalue weighted by Gasteiger charge is -2.36. The fourth-order valence-corrected chi connectivity index (χ4v) is 3.28. The van der Waals surface area contributed by atoms with Crippen molar-refractivity contribution in [2.24, 2.45) is 5.92 Å². The van der Waals surface area contributed by atoms with Crippen LogP contribution in [0.2, 0.25) is 0 Å². The molecular weight excluding hydrogens is 266 g/mol. The average Bonchev–Trinajstić information content (AvgIpc) is 2.36. The molecule has 0 radical (unpaired) electrons. The Morgan fingerprint density at radius 3 is 2.29 bits per heavy atom. The molecule has 2 unspecified atom stereocenters. The van der Waals surface area contributed by atoms with E-state index in [1.165, 1.54) is 4.90 Å². The van der Waals surface area contributed by atoms with Gasteiger partial charge in [0.05, 0.1) is 0 Å². The fraction of sp³-hybridized carbons (Fsp3) is 0.529. The Morgan fingerprint density at radius 1 is 1.19 bits per heavy atom. The maximum absolute atomic E-state index is 12.8. The van der Waals surface area contributed by atoms with Gasteiger partial charge in [-0.1, -0.05) is 24.6 Å². The molecule has 1 saturated heterocycles. The summed E-state index contributed by atoms with van der Waals surface area (Å²) in [5.41, 5.74) is 3.60. The second-order valence-electron chi connectivity index (χ2n) is 6.26. The third kappa shape index (κ3) is 3.09. The molecule has 114 valence electrons. The molecule has 4 nitrogen and oxygen atoms in total. The standard InChI is InChI=1S/C17H23NO3/c1-10-5-6-18(14(9-10)17(20)21)16(19)15-12(3)7-11(2)8-13(15)4/h7-8,10,14H,5-6,9H2,1-4H3,(H,20,21). The predicted octanol–water partition coefficient (Wildman–Crippen LogP) is 2.94. The van der Waals surface area contributed by atoms with Gasteiger partial charge < -0.3 is 10.0 Å². The third-order valence-corrected chi connectivity index (χ3v) is 4.30. The van der Waals surface area contributed by atoms with Crippen LogP contribution in [0.4, 0.5) is 0 Å². The van der Waals surface area contributed by atoms with Gasteiger partial charge in [-0.3, -0.25) is 4.79 Å². The molecule has 1 fully saturated rings. The highest BCUT2D eigenvalue weighted by atomic mass is 16.4. The molecule has 2 rings (SSSR count). The van der Waals surface area contributed by atoms with E-state index in [0.717, 1.165) is 23.1 Å². The Morgan fingerprint density at radius 2 is 1.76 bits per heavy atom. The number of benzene rings is 1. The molecule has 0 spiro atoms. The van der Waals surface area contributed by atoms with Crippen LogP contribution in [0.3, 0.4) is 0 Å². The first kappa shape index (κ1) is 15.5. The summed E-state index contributed by atoms with van der Waals surface area (Å²) in [5, 5.41) is 9.41. The Labute approximate surface area is 125 Å². The third-order valence-electron chi connectivity index (χ3n) is 4.30. The van der Waals surface area contributed by atoms with Gasteiger partial charge >= 0.3 is 5.97 Å². The monoisotopic (exact) mass is 289 g/mol. The zero-order chi connectivity index (χ0) is 15.7. The highest BCUT2D eigenvalue weighted by Crippen LogP contribution is 2.26. The van der Waals surface area contributed by atoms with E-state index in [0.29, 0.717) is 24.4 Å². The van der Waals surface area contributed by atoms with Gasteiger partial charge in [-0.15, -0.1) is 0 Å². The number of hydrogen-bond donors (Lipinski definition) is 1. The lowest BCUT2D eigenvalue weighted by molar-refractivity contribution is -0.144. The van der Waals surface area contributed by atoms with E-state index in [2.05, 4.69) is 0 Å². The van der Waals surface area contributed by atoms with Gasteiger partial charge in [-0.2, -0.15) is 0 Å². The van der Waals surface area contributed by atoms with Crippen molar-refractivity contribution in [3.05, 3.63) is 34.4 Å². The number of carboxylic acids is 1. The smallest absolute Gasteiger partial charge is 0.326 e. The van der Waals surface area contributed by atoms with Crippen molar-refractivity contribution in [3.8, 4) is 0 Å². The normalized spacial score (nSPS) is 22.2. The molecule has 1 heterocycles. The number of carboxylic acid groups (broad SMARTS) is 1. The van der Waals surface area contributed by atoms with E-state index in [9.17, 15) is 14.7 Å². The number of carbonyl (C=O) groups excluding carboxylic acids is 1. The van der Waals surface area contributed by atoms with Crippen LogP contribution in [0.15, 0.2) is 12.1 Å². The van der Waals surface area contributed by atoms with Gasteiger partial charge in [0.2, 0.25) is 0 Å². The second-order valence-corrected chi connectivity index (χ2v) is 6.26. The van der Waals surface area contributed by atoms with E-state index in [-0.39, 0.29) is 5.91 Å². The topological polar surface area (TPSA) is 57.6 Å². The van der Waals surface area contributed by atoms with Gasteiger partial charge in [0.15, 0.2) is 0 Å². The Kier molecular flexibility index (Phi) is 4.35. The van der Waals surface area contributed by atoms with Crippen molar-refractivity contribution in [2.75, 3.05) is 6.54 Å². The first-order valence-electron chi connectivity index (χ1n) is 7.43. The summed E-state index contributed by atoms with van der Waals surface area (Å²) in [4.78, 5) is 25.8. The summed E-state index contributed by atoms with van der Waals surface area (Å²) in [6.07, 6.45) is 1.39. The van der Waals surface area contributed by atoms with Crippen molar-refractivity contribution < 1.29 is 14.7 Å². The molecule has 2 atom stereocenters. The van der Waals surface area contributed by atoms with Crippen molar-refractivity contribution in [1.82, 2.24) is 4.90 Å². The van der Waals surface area contributed by atoms with Gasteiger partial charge in [0.25, 0.3) is 5.91 Å². The molecule has 21 heavy (non-hydrogen) atoms. The predicted molar refractivity (Wildman–Crippen MR) is 81.5 cm³/mol. The van der Waals surface area contributed by atoms with Crippen LogP contribution >= 0.6 is 0 Å². The van der Waals surface area contributed by atoms with Gasteiger partial charge in [-0.25, -0.2) is 4.79 Å². The van der Waals surface area contributed by atoms with Crippen molar-refractivity contribution in [2.45, 2.75) is 46.6 Å². The second kappa shape index (κ2) is 5.88.